The van der Waals surface area contributed by atoms with E-state index in [2.05, 4.69) is 263 Å². The summed E-state index contributed by atoms with van der Waals surface area (Å²) in [7, 11) is 0. The largest absolute Gasteiger partial charge is 0.0890 e. The van der Waals surface area contributed by atoms with Crippen molar-refractivity contribution < 1.29 is 0 Å². The molecule has 0 spiro atoms. The summed E-state index contributed by atoms with van der Waals surface area (Å²) in [6, 6.07) is 70.9. The van der Waals surface area contributed by atoms with Gasteiger partial charge in [-0.05, 0) is 146 Å². The van der Waals surface area contributed by atoms with Gasteiger partial charge < -0.3 is 0 Å². The number of allylic oxidation sites excluding steroid dienone is 4. The number of hydrogen-bond donors (Lipinski definition) is 0. The maximum Gasteiger partial charge on any atom is 0.00814 e. The summed E-state index contributed by atoms with van der Waals surface area (Å²) in [6.45, 7) is 23.9. The van der Waals surface area contributed by atoms with Crippen LogP contribution in [0.15, 0.2) is 218 Å². The summed E-state index contributed by atoms with van der Waals surface area (Å²) in [4.78, 5) is 0. The van der Waals surface area contributed by atoms with Crippen molar-refractivity contribution in [1.82, 2.24) is 0 Å². The van der Waals surface area contributed by atoms with E-state index in [4.69, 9.17) is 0 Å². The minimum absolute atomic E-state index is 0. The highest BCUT2D eigenvalue weighted by molar-refractivity contribution is 5.79. The highest BCUT2D eigenvalue weighted by atomic mass is 14.2. The molecule has 8 aromatic carbocycles. The third-order valence-corrected chi connectivity index (χ3v) is 11.9. The van der Waals surface area contributed by atoms with Crippen molar-refractivity contribution in [2.45, 2.75) is 89.0 Å². The molecule has 0 fully saturated rings. The zero-order valence-electron chi connectivity index (χ0n) is 40.2. The summed E-state index contributed by atoms with van der Waals surface area (Å²) in [5.41, 5.74) is 22.3. The van der Waals surface area contributed by atoms with Crippen LogP contribution in [0.4, 0.5) is 0 Å². The molecule has 0 heterocycles. The third-order valence-electron chi connectivity index (χ3n) is 11.9. The third kappa shape index (κ3) is 14.6. The molecule has 0 radical (unpaired) electrons. The Morgan fingerprint density at radius 1 is 0.400 bits per heavy atom. The lowest BCUT2D eigenvalue weighted by molar-refractivity contribution is 0.671. The molecule has 0 aliphatic carbocycles. The Morgan fingerprint density at radius 2 is 0.785 bits per heavy atom. The fourth-order valence-corrected chi connectivity index (χ4v) is 7.68. The van der Waals surface area contributed by atoms with E-state index in [-0.39, 0.29) is 12.8 Å². The van der Waals surface area contributed by atoms with Gasteiger partial charge in [0, 0.05) is 5.41 Å². The smallest absolute Gasteiger partial charge is 0.00814 e. The van der Waals surface area contributed by atoms with Crippen LogP contribution in [0.1, 0.15) is 87.9 Å². The van der Waals surface area contributed by atoms with E-state index in [9.17, 15) is 0 Å². The van der Waals surface area contributed by atoms with Crippen LogP contribution >= 0.6 is 0 Å². The van der Waals surface area contributed by atoms with Crippen LogP contribution in [-0.2, 0) is 5.41 Å². The molecule has 0 bridgehead atoms. The summed E-state index contributed by atoms with van der Waals surface area (Å²) >= 11 is 0. The number of hydrogen-bond acceptors (Lipinski definition) is 0. The highest BCUT2D eigenvalue weighted by Crippen LogP contribution is 2.36. The van der Waals surface area contributed by atoms with Gasteiger partial charge in [0.15, 0.2) is 0 Å². The Morgan fingerprint density at radius 3 is 1.22 bits per heavy atom. The summed E-state index contributed by atoms with van der Waals surface area (Å²) < 4.78 is 0. The summed E-state index contributed by atoms with van der Waals surface area (Å²) in [5.74, 6) is 0. The van der Waals surface area contributed by atoms with Gasteiger partial charge in [-0.15, -0.1) is 0 Å². The molecule has 8 aromatic rings. The van der Waals surface area contributed by atoms with Crippen LogP contribution < -0.4 is 0 Å². The lowest BCUT2D eigenvalue weighted by atomic mass is 9.81. The first-order valence-corrected chi connectivity index (χ1v) is 22.6. The molecule has 65 heavy (non-hydrogen) atoms. The van der Waals surface area contributed by atoms with Crippen molar-refractivity contribution in [3.8, 4) is 44.5 Å². The quantitative estimate of drug-likeness (QED) is 0.140. The number of benzene rings is 8. The van der Waals surface area contributed by atoms with Crippen molar-refractivity contribution >= 4 is 5.57 Å². The molecule has 0 aliphatic heterocycles. The zero-order valence-corrected chi connectivity index (χ0v) is 40.2. The van der Waals surface area contributed by atoms with Crippen molar-refractivity contribution in [2.75, 3.05) is 0 Å². The van der Waals surface area contributed by atoms with E-state index in [1.54, 1.807) is 0 Å². The van der Waals surface area contributed by atoms with Gasteiger partial charge in [0.1, 0.15) is 0 Å². The van der Waals surface area contributed by atoms with Gasteiger partial charge in [-0.25, -0.2) is 0 Å². The average Bonchev–Trinajstić information content (AvgIpc) is 3.32. The van der Waals surface area contributed by atoms with E-state index in [1.807, 2.05) is 25.1 Å². The molecule has 0 amide bonds. The maximum absolute atomic E-state index is 2.37. The standard InChI is InChI=1S/C30H28.C22H22.C7H8.C5H10.CH4/c1-23(24-11-6-4-7-12-24)22-30(2,3)29-16-10-15-28(21-29)27-19-17-26(18-20-27)25-13-8-5-9-14-25;1-15-9-5-7-11-19(15)21-13-14-22(18(4)17(21)3)20-12-8-6-10-16(20)2;1-7-5-3-2-4-6-7;1-4-5(2)3;/h4-22H,1-3H3;5-14H,1-4H3;2-6H,1H3;4H,1-3H3;1H4/b23-22+;;;;. The molecule has 0 aromatic heterocycles. The highest BCUT2D eigenvalue weighted by Gasteiger charge is 2.19. The molecule has 0 heteroatoms. The molecule has 332 valence electrons. The second kappa shape index (κ2) is 24.9. The van der Waals surface area contributed by atoms with Gasteiger partial charge in [-0.2, -0.15) is 0 Å². The first-order chi connectivity index (χ1) is 30.8. The van der Waals surface area contributed by atoms with E-state index in [0.717, 1.165) is 0 Å². The maximum atomic E-state index is 2.37. The Kier molecular flexibility index (Phi) is 19.5. The van der Waals surface area contributed by atoms with E-state index < -0.39 is 0 Å². The second-order valence-electron chi connectivity index (χ2n) is 17.5. The Balaban J connectivity index is 0.000000230. The van der Waals surface area contributed by atoms with Crippen molar-refractivity contribution in [1.29, 1.82) is 0 Å². The second-order valence-corrected chi connectivity index (χ2v) is 17.5. The molecule has 0 saturated heterocycles. The SMILES string of the molecule is C.C/C(=C\C(C)(C)c1cccc(-c2ccc(-c3ccccc3)cc2)c1)c1ccccc1.CC=C(C)C.Cc1ccccc1.Cc1ccccc1-c1ccc(-c2ccccc2C)c(C)c1C. The van der Waals surface area contributed by atoms with Gasteiger partial charge >= 0.3 is 0 Å². The predicted octanol–water partition coefficient (Wildman–Crippen LogP) is 19.3. The van der Waals surface area contributed by atoms with Crippen LogP contribution in [0.2, 0.25) is 0 Å². The Hall–Kier alpha value is -6.76. The molecule has 0 saturated carbocycles. The van der Waals surface area contributed by atoms with Gasteiger partial charge in [0.05, 0.1) is 0 Å². The van der Waals surface area contributed by atoms with Gasteiger partial charge in [0.2, 0.25) is 0 Å². The van der Waals surface area contributed by atoms with Gasteiger partial charge in [-0.1, -0.05) is 245 Å². The molecular weight excluding hydrogens is 781 g/mol. The first kappa shape index (κ1) is 50.9. The van der Waals surface area contributed by atoms with Crippen LogP contribution in [0.5, 0.6) is 0 Å². The molecule has 0 unspecified atom stereocenters. The topological polar surface area (TPSA) is 0 Å². The molecule has 0 N–H and O–H groups in total. The van der Waals surface area contributed by atoms with E-state index in [1.165, 1.54) is 94.6 Å². The number of aryl methyl sites for hydroxylation is 3. The lowest BCUT2D eigenvalue weighted by Gasteiger charge is -2.23. The minimum atomic E-state index is -0.0556. The van der Waals surface area contributed by atoms with Crippen molar-refractivity contribution in [2.24, 2.45) is 0 Å². The monoisotopic (exact) mass is 853 g/mol. The fourth-order valence-electron chi connectivity index (χ4n) is 7.68. The van der Waals surface area contributed by atoms with Crippen LogP contribution in [0.3, 0.4) is 0 Å². The molecular formula is C65H72. The predicted molar refractivity (Wildman–Crippen MR) is 290 cm³/mol. The fraction of sp³-hybridized carbons (Fsp3) is 0.200. The minimum Gasteiger partial charge on any atom is -0.0890 e. The number of rotatable bonds is 7. The molecule has 0 nitrogen and oxygen atoms in total. The van der Waals surface area contributed by atoms with Gasteiger partial charge in [-0.3, -0.25) is 0 Å². The molecule has 0 atom stereocenters. The van der Waals surface area contributed by atoms with E-state index >= 15 is 0 Å². The zero-order chi connectivity index (χ0) is 46.1. The Bertz CT molecular complexity index is 2650. The van der Waals surface area contributed by atoms with Gasteiger partial charge in [0.25, 0.3) is 0 Å². The van der Waals surface area contributed by atoms with Crippen molar-refractivity contribution in [3.05, 3.63) is 257 Å². The lowest BCUT2D eigenvalue weighted by Crippen LogP contribution is -2.14. The summed E-state index contributed by atoms with van der Waals surface area (Å²) in [5, 5.41) is 0. The average molecular weight is 853 g/mol. The van der Waals surface area contributed by atoms with Crippen LogP contribution in [0.25, 0.3) is 50.1 Å². The molecule has 0 aliphatic rings. The van der Waals surface area contributed by atoms with E-state index in [0.29, 0.717) is 0 Å². The first-order valence-electron chi connectivity index (χ1n) is 22.6. The normalized spacial score (nSPS) is 10.7. The van der Waals surface area contributed by atoms with Crippen LogP contribution in [0, 0.1) is 34.6 Å². The summed E-state index contributed by atoms with van der Waals surface area (Å²) in [6.07, 6.45) is 4.46. The van der Waals surface area contributed by atoms with Crippen molar-refractivity contribution in [3.63, 3.8) is 0 Å². The molecule has 8 rings (SSSR count). The Labute approximate surface area is 394 Å². The van der Waals surface area contributed by atoms with Crippen LogP contribution in [-0.4, -0.2) is 0 Å².